The van der Waals surface area contributed by atoms with E-state index in [0.29, 0.717) is 11.6 Å². The Hall–Kier alpha value is -0.940. The Kier molecular flexibility index (Phi) is 5.75. The average molecular weight is 282 g/mol. The van der Waals surface area contributed by atoms with E-state index in [1.807, 2.05) is 6.92 Å². The molecule has 1 rings (SSSR count). The first-order valence-corrected chi connectivity index (χ1v) is 5.99. The number of alkyl halides is 3. The maximum atomic E-state index is 11.9. The lowest BCUT2D eigenvalue weighted by molar-refractivity contribution is -0.139. The van der Waals surface area contributed by atoms with E-state index in [9.17, 15) is 13.2 Å². The highest BCUT2D eigenvalue weighted by Gasteiger charge is 2.26. The maximum absolute atomic E-state index is 11.9. The average Bonchev–Trinajstić information content (AvgIpc) is 2.27. The Morgan fingerprint density at radius 2 is 2.06 bits per heavy atom. The molecule has 0 spiro atoms. The summed E-state index contributed by atoms with van der Waals surface area (Å²) in [5.74, 6) is 0.279. The van der Waals surface area contributed by atoms with Gasteiger partial charge in [0, 0.05) is 6.54 Å². The van der Waals surface area contributed by atoms with Crippen LogP contribution in [0.3, 0.4) is 0 Å². The van der Waals surface area contributed by atoms with E-state index < -0.39 is 19.2 Å². The van der Waals surface area contributed by atoms with E-state index in [1.165, 1.54) is 0 Å². The molecule has 0 fully saturated rings. The van der Waals surface area contributed by atoms with Crippen LogP contribution >= 0.6 is 11.6 Å². The summed E-state index contributed by atoms with van der Waals surface area (Å²) in [5, 5.41) is 3.45. The van der Waals surface area contributed by atoms with Crippen LogP contribution in [-0.2, 0) is 6.54 Å². The van der Waals surface area contributed by atoms with Crippen molar-refractivity contribution in [2.75, 3.05) is 13.2 Å². The molecular formula is C12H15ClF3NO. The van der Waals surface area contributed by atoms with E-state index in [0.717, 1.165) is 12.1 Å². The second-order valence-electron chi connectivity index (χ2n) is 3.76. The Balaban J connectivity index is 2.52. The van der Waals surface area contributed by atoms with E-state index in [4.69, 9.17) is 16.3 Å². The molecule has 0 bridgehead atoms. The molecule has 0 aromatic heterocycles. The van der Waals surface area contributed by atoms with E-state index in [-0.39, 0.29) is 5.75 Å². The summed E-state index contributed by atoms with van der Waals surface area (Å²) >= 11 is 5.92. The highest BCUT2D eigenvalue weighted by atomic mass is 35.5. The van der Waals surface area contributed by atoms with Gasteiger partial charge in [0.1, 0.15) is 5.75 Å². The third kappa shape index (κ3) is 5.60. The van der Waals surface area contributed by atoms with E-state index >= 15 is 0 Å². The first-order chi connectivity index (χ1) is 8.42. The van der Waals surface area contributed by atoms with Gasteiger partial charge in [-0.2, -0.15) is 13.2 Å². The van der Waals surface area contributed by atoms with Crippen LogP contribution in [0.2, 0.25) is 5.02 Å². The summed E-state index contributed by atoms with van der Waals surface area (Å²) in [6.45, 7) is 3.06. The minimum absolute atomic E-state index is 0.279. The Morgan fingerprint density at radius 3 is 2.61 bits per heavy atom. The Bertz CT molecular complexity index is 382. The molecule has 1 aromatic carbocycles. The van der Waals surface area contributed by atoms with Gasteiger partial charge in [-0.15, -0.1) is 0 Å². The SMILES string of the molecule is CCNCc1ccc(OCCC(F)(F)F)c(Cl)c1. The number of rotatable bonds is 6. The summed E-state index contributed by atoms with van der Waals surface area (Å²) in [6.07, 6.45) is -5.19. The number of benzene rings is 1. The van der Waals surface area contributed by atoms with Crippen LogP contribution in [0, 0.1) is 0 Å². The van der Waals surface area contributed by atoms with Crippen molar-refractivity contribution in [3.05, 3.63) is 28.8 Å². The van der Waals surface area contributed by atoms with Crippen molar-refractivity contribution in [1.82, 2.24) is 5.32 Å². The number of nitrogens with one attached hydrogen (secondary N) is 1. The Morgan fingerprint density at radius 1 is 1.33 bits per heavy atom. The Labute approximate surface area is 109 Å². The first kappa shape index (κ1) is 15.1. The van der Waals surface area contributed by atoms with Crippen molar-refractivity contribution in [2.45, 2.75) is 26.1 Å². The molecule has 0 unspecified atom stereocenters. The van der Waals surface area contributed by atoms with Crippen LogP contribution in [0.25, 0.3) is 0 Å². The predicted molar refractivity (Wildman–Crippen MR) is 65.0 cm³/mol. The third-order valence-corrected chi connectivity index (χ3v) is 2.51. The fourth-order valence-electron chi connectivity index (χ4n) is 1.32. The predicted octanol–water partition coefficient (Wildman–Crippen LogP) is 3.78. The van der Waals surface area contributed by atoms with Crippen LogP contribution in [-0.4, -0.2) is 19.3 Å². The topological polar surface area (TPSA) is 21.3 Å². The minimum atomic E-state index is -4.21. The molecule has 0 aliphatic heterocycles. The molecule has 0 amide bonds. The van der Waals surface area contributed by atoms with Gasteiger partial charge in [-0.05, 0) is 24.2 Å². The molecule has 0 aliphatic rings. The molecule has 6 heteroatoms. The van der Waals surface area contributed by atoms with Crippen molar-refractivity contribution in [2.24, 2.45) is 0 Å². The van der Waals surface area contributed by atoms with Crippen molar-refractivity contribution >= 4 is 11.6 Å². The molecule has 18 heavy (non-hydrogen) atoms. The molecule has 0 aliphatic carbocycles. The first-order valence-electron chi connectivity index (χ1n) is 5.61. The van der Waals surface area contributed by atoms with E-state index in [1.54, 1.807) is 18.2 Å². The maximum Gasteiger partial charge on any atom is 0.392 e. The quantitative estimate of drug-likeness (QED) is 0.857. The number of ether oxygens (including phenoxy) is 1. The smallest absolute Gasteiger partial charge is 0.392 e. The summed E-state index contributed by atoms with van der Waals surface area (Å²) in [4.78, 5) is 0. The largest absolute Gasteiger partial charge is 0.492 e. The monoisotopic (exact) mass is 281 g/mol. The zero-order chi connectivity index (χ0) is 13.6. The van der Waals surface area contributed by atoms with Crippen LogP contribution < -0.4 is 10.1 Å². The van der Waals surface area contributed by atoms with Crippen molar-refractivity contribution in [3.63, 3.8) is 0 Å². The number of hydrogen-bond acceptors (Lipinski definition) is 2. The van der Waals surface area contributed by atoms with Gasteiger partial charge in [-0.25, -0.2) is 0 Å². The second-order valence-corrected chi connectivity index (χ2v) is 4.17. The highest BCUT2D eigenvalue weighted by Crippen LogP contribution is 2.27. The molecular weight excluding hydrogens is 267 g/mol. The van der Waals surface area contributed by atoms with Crippen molar-refractivity contribution in [1.29, 1.82) is 0 Å². The van der Waals surface area contributed by atoms with Gasteiger partial charge in [0.25, 0.3) is 0 Å². The molecule has 0 radical (unpaired) electrons. The molecule has 2 nitrogen and oxygen atoms in total. The van der Waals surface area contributed by atoms with Gasteiger partial charge >= 0.3 is 6.18 Å². The fourth-order valence-corrected chi connectivity index (χ4v) is 1.58. The second kappa shape index (κ2) is 6.85. The summed E-state index contributed by atoms with van der Waals surface area (Å²) in [6, 6.07) is 5.05. The lowest BCUT2D eigenvalue weighted by Gasteiger charge is -2.11. The molecule has 0 atom stereocenters. The third-order valence-electron chi connectivity index (χ3n) is 2.22. The van der Waals surface area contributed by atoms with Crippen molar-refractivity contribution < 1.29 is 17.9 Å². The lowest BCUT2D eigenvalue weighted by atomic mass is 10.2. The summed E-state index contributed by atoms with van der Waals surface area (Å²) in [7, 11) is 0. The van der Waals surface area contributed by atoms with Crippen LogP contribution in [0.5, 0.6) is 5.75 Å². The van der Waals surface area contributed by atoms with Gasteiger partial charge in [0.2, 0.25) is 0 Å². The standard InChI is InChI=1S/C12H15ClF3NO/c1-2-17-8-9-3-4-11(10(13)7-9)18-6-5-12(14,15)16/h3-4,7,17H,2,5-6,8H2,1H3. The molecule has 0 saturated heterocycles. The van der Waals surface area contributed by atoms with Gasteiger partial charge < -0.3 is 10.1 Å². The highest BCUT2D eigenvalue weighted by molar-refractivity contribution is 6.32. The zero-order valence-corrected chi connectivity index (χ0v) is 10.7. The summed E-state index contributed by atoms with van der Waals surface area (Å²) in [5.41, 5.74) is 0.963. The van der Waals surface area contributed by atoms with Crippen molar-refractivity contribution in [3.8, 4) is 5.75 Å². The van der Waals surface area contributed by atoms with Gasteiger partial charge in [0.05, 0.1) is 18.1 Å². The summed E-state index contributed by atoms with van der Waals surface area (Å²) < 4.78 is 40.8. The normalized spacial score (nSPS) is 11.6. The zero-order valence-electron chi connectivity index (χ0n) is 9.98. The van der Waals surface area contributed by atoms with Gasteiger partial charge in [0.15, 0.2) is 0 Å². The van der Waals surface area contributed by atoms with Gasteiger partial charge in [-0.3, -0.25) is 0 Å². The molecule has 1 N–H and O–H groups in total. The van der Waals surface area contributed by atoms with Crippen LogP contribution in [0.15, 0.2) is 18.2 Å². The fraction of sp³-hybridized carbons (Fsp3) is 0.500. The van der Waals surface area contributed by atoms with E-state index in [2.05, 4.69) is 5.32 Å². The number of hydrogen-bond donors (Lipinski definition) is 1. The van der Waals surface area contributed by atoms with Crippen LogP contribution in [0.4, 0.5) is 13.2 Å². The van der Waals surface area contributed by atoms with Crippen LogP contribution in [0.1, 0.15) is 18.9 Å². The lowest BCUT2D eigenvalue weighted by Crippen LogP contribution is -2.13. The number of halogens is 4. The van der Waals surface area contributed by atoms with Gasteiger partial charge in [-0.1, -0.05) is 24.6 Å². The molecule has 102 valence electrons. The molecule has 1 aromatic rings. The minimum Gasteiger partial charge on any atom is -0.492 e. The molecule has 0 saturated carbocycles. The molecule has 0 heterocycles.